The summed E-state index contributed by atoms with van der Waals surface area (Å²) in [6.45, 7) is 7.82. The molecule has 1 heterocycles. The minimum absolute atomic E-state index is 0.475. The number of rotatable bonds is 1. The lowest BCUT2D eigenvalue weighted by Crippen LogP contribution is -2.06. The van der Waals surface area contributed by atoms with Crippen molar-refractivity contribution < 1.29 is 13.2 Å². The number of nitrogens with zero attached hydrogens (tertiary/aromatic N) is 2. The van der Waals surface area contributed by atoms with E-state index in [1.54, 1.807) is 6.07 Å². The Kier molecular flexibility index (Phi) is 4.98. The molecule has 1 aromatic heterocycles. The van der Waals surface area contributed by atoms with Gasteiger partial charge in [0.15, 0.2) is 5.69 Å². The maximum absolute atomic E-state index is 12.6. The van der Waals surface area contributed by atoms with Gasteiger partial charge in [0.25, 0.3) is 0 Å². The Morgan fingerprint density at radius 2 is 1.70 bits per heavy atom. The van der Waals surface area contributed by atoms with Gasteiger partial charge >= 0.3 is 6.18 Å². The van der Waals surface area contributed by atoms with Crippen LogP contribution in [0.5, 0.6) is 0 Å². The Labute approximate surface area is 117 Å². The Bertz CT molecular complexity index is 583. The Morgan fingerprint density at radius 3 is 2.20 bits per heavy atom. The SMILES string of the molecule is CC.Cc1cccc(-c2cc(C(F)(F)F)nn2C)c1C. The second-order valence-electron chi connectivity index (χ2n) is 4.28. The number of benzene rings is 1. The Morgan fingerprint density at radius 1 is 1.10 bits per heavy atom. The zero-order valence-electron chi connectivity index (χ0n) is 12.3. The minimum Gasteiger partial charge on any atom is -0.267 e. The van der Waals surface area contributed by atoms with Gasteiger partial charge in [-0.3, -0.25) is 4.68 Å². The predicted molar refractivity (Wildman–Crippen MR) is 74.5 cm³/mol. The van der Waals surface area contributed by atoms with E-state index in [1.165, 1.54) is 11.7 Å². The van der Waals surface area contributed by atoms with Crippen molar-refractivity contribution >= 4 is 0 Å². The molecule has 0 spiro atoms. The van der Waals surface area contributed by atoms with Crippen molar-refractivity contribution in [3.63, 3.8) is 0 Å². The average Bonchev–Trinajstić information content (AvgIpc) is 2.77. The molecule has 20 heavy (non-hydrogen) atoms. The summed E-state index contributed by atoms with van der Waals surface area (Å²) in [7, 11) is 1.52. The lowest BCUT2D eigenvalue weighted by molar-refractivity contribution is -0.141. The fourth-order valence-corrected chi connectivity index (χ4v) is 1.89. The van der Waals surface area contributed by atoms with Gasteiger partial charge in [-0.15, -0.1) is 0 Å². The van der Waals surface area contributed by atoms with E-state index in [9.17, 15) is 13.2 Å². The van der Waals surface area contributed by atoms with Gasteiger partial charge in [0.1, 0.15) is 0 Å². The van der Waals surface area contributed by atoms with E-state index in [0.717, 1.165) is 22.8 Å². The van der Waals surface area contributed by atoms with Crippen LogP contribution in [0.3, 0.4) is 0 Å². The minimum atomic E-state index is -4.41. The fourth-order valence-electron chi connectivity index (χ4n) is 1.89. The molecule has 0 N–H and O–H groups in total. The maximum Gasteiger partial charge on any atom is 0.435 e. The lowest BCUT2D eigenvalue weighted by Gasteiger charge is -2.08. The zero-order valence-corrected chi connectivity index (χ0v) is 12.3. The predicted octanol–water partition coefficient (Wildman–Crippen LogP) is 4.75. The standard InChI is InChI=1S/C13H13F3N2.C2H6/c1-8-5-4-6-10(9(8)2)11-7-12(13(14,15)16)17-18(11)3;1-2/h4-7H,1-3H3;1-2H3. The van der Waals surface area contributed by atoms with Crippen LogP contribution in [-0.4, -0.2) is 9.78 Å². The van der Waals surface area contributed by atoms with Crippen LogP contribution in [0.25, 0.3) is 11.3 Å². The van der Waals surface area contributed by atoms with Crippen LogP contribution in [0, 0.1) is 13.8 Å². The molecule has 0 amide bonds. The fraction of sp³-hybridized carbons (Fsp3) is 0.400. The van der Waals surface area contributed by atoms with Crippen LogP contribution >= 0.6 is 0 Å². The van der Waals surface area contributed by atoms with E-state index in [2.05, 4.69) is 5.10 Å². The Balaban J connectivity index is 0.000000956. The van der Waals surface area contributed by atoms with Crippen molar-refractivity contribution in [2.45, 2.75) is 33.9 Å². The van der Waals surface area contributed by atoms with Crippen molar-refractivity contribution in [3.8, 4) is 11.3 Å². The third kappa shape index (κ3) is 3.21. The van der Waals surface area contributed by atoms with Crippen LogP contribution in [0.4, 0.5) is 13.2 Å². The molecule has 0 saturated carbocycles. The molecule has 2 aromatic rings. The molecule has 5 heteroatoms. The van der Waals surface area contributed by atoms with Gasteiger partial charge in [0.2, 0.25) is 0 Å². The van der Waals surface area contributed by atoms with Gasteiger partial charge in [-0.25, -0.2) is 0 Å². The molecule has 0 saturated heterocycles. The summed E-state index contributed by atoms with van der Waals surface area (Å²) in [4.78, 5) is 0. The second kappa shape index (κ2) is 6.11. The van der Waals surface area contributed by atoms with Gasteiger partial charge in [-0.2, -0.15) is 18.3 Å². The largest absolute Gasteiger partial charge is 0.435 e. The second-order valence-corrected chi connectivity index (χ2v) is 4.28. The smallest absolute Gasteiger partial charge is 0.267 e. The molecule has 0 fully saturated rings. The van der Waals surface area contributed by atoms with Crippen molar-refractivity contribution in [2.75, 3.05) is 0 Å². The molecule has 2 nitrogen and oxygen atoms in total. The Hall–Kier alpha value is -1.78. The van der Waals surface area contributed by atoms with Crippen LogP contribution in [-0.2, 0) is 13.2 Å². The highest BCUT2D eigenvalue weighted by atomic mass is 19.4. The molecule has 110 valence electrons. The average molecular weight is 284 g/mol. The zero-order chi connectivity index (χ0) is 15.5. The van der Waals surface area contributed by atoms with Crippen LogP contribution in [0.1, 0.15) is 30.7 Å². The number of halogens is 3. The molecular weight excluding hydrogens is 265 g/mol. The van der Waals surface area contributed by atoms with Gasteiger partial charge in [0, 0.05) is 12.6 Å². The first-order valence-corrected chi connectivity index (χ1v) is 6.48. The monoisotopic (exact) mass is 284 g/mol. The van der Waals surface area contributed by atoms with Crippen LogP contribution in [0.2, 0.25) is 0 Å². The normalized spacial score (nSPS) is 11.0. The molecule has 1 aromatic carbocycles. The van der Waals surface area contributed by atoms with Crippen molar-refractivity contribution in [2.24, 2.45) is 7.05 Å². The first-order valence-electron chi connectivity index (χ1n) is 6.48. The van der Waals surface area contributed by atoms with Gasteiger partial charge < -0.3 is 0 Å². The molecule has 0 aliphatic heterocycles. The first-order chi connectivity index (χ1) is 9.30. The van der Waals surface area contributed by atoms with Gasteiger partial charge in [-0.1, -0.05) is 32.0 Å². The summed E-state index contributed by atoms with van der Waals surface area (Å²) < 4.78 is 39.1. The summed E-state index contributed by atoms with van der Waals surface area (Å²) in [5, 5.41) is 3.52. The molecule has 0 atom stereocenters. The number of alkyl halides is 3. The van der Waals surface area contributed by atoms with E-state index in [0.29, 0.717) is 5.69 Å². The molecule has 2 rings (SSSR count). The summed E-state index contributed by atoms with van der Waals surface area (Å²) in [5.74, 6) is 0. The summed E-state index contributed by atoms with van der Waals surface area (Å²) in [5.41, 5.74) is 2.40. The third-order valence-electron chi connectivity index (χ3n) is 3.05. The quantitative estimate of drug-likeness (QED) is 0.739. The highest BCUT2D eigenvalue weighted by Crippen LogP contribution is 2.32. The van der Waals surface area contributed by atoms with E-state index < -0.39 is 11.9 Å². The number of hydrogen-bond acceptors (Lipinski definition) is 1. The highest BCUT2D eigenvalue weighted by Gasteiger charge is 2.34. The molecule has 0 bridgehead atoms. The van der Waals surface area contributed by atoms with E-state index in [4.69, 9.17) is 0 Å². The van der Waals surface area contributed by atoms with Crippen molar-refractivity contribution in [1.29, 1.82) is 0 Å². The molecule has 0 radical (unpaired) electrons. The summed E-state index contributed by atoms with van der Waals surface area (Å²) >= 11 is 0. The highest BCUT2D eigenvalue weighted by molar-refractivity contribution is 5.65. The summed E-state index contributed by atoms with van der Waals surface area (Å²) in [6.07, 6.45) is -4.41. The topological polar surface area (TPSA) is 17.8 Å². The van der Waals surface area contributed by atoms with Crippen LogP contribution in [0.15, 0.2) is 24.3 Å². The van der Waals surface area contributed by atoms with Gasteiger partial charge in [0.05, 0.1) is 5.69 Å². The lowest BCUT2D eigenvalue weighted by atomic mass is 10.0. The first kappa shape index (κ1) is 16.3. The van der Waals surface area contributed by atoms with E-state index in [1.807, 2.05) is 39.8 Å². The number of hydrogen-bond donors (Lipinski definition) is 0. The molecule has 0 aliphatic rings. The van der Waals surface area contributed by atoms with Crippen LogP contribution < -0.4 is 0 Å². The van der Waals surface area contributed by atoms with E-state index >= 15 is 0 Å². The summed E-state index contributed by atoms with van der Waals surface area (Å²) in [6, 6.07) is 6.65. The maximum atomic E-state index is 12.6. The van der Waals surface area contributed by atoms with Crippen molar-refractivity contribution in [3.05, 3.63) is 41.1 Å². The van der Waals surface area contributed by atoms with Gasteiger partial charge in [-0.05, 0) is 31.0 Å². The number of aromatic nitrogens is 2. The molecule has 0 aliphatic carbocycles. The molecular formula is C15H19F3N2. The van der Waals surface area contributed by atoms with Crippen molar-refractivity contribution in [1.82, 2.24) is 9.78 Å². The number of aryl methyl sites for hydroxylation is 2. The third-order valence-corrected chi connectivity index (χ3v) is 3.05. The molecule has 0 unspecified atom stereocenters. The van der Waals surface area contributed by atoms with E-state index in [-0.39, 0.29) is 0 Å².